The van der Waals surface area contributed by atoms with Crippen molar-refractivity contribution >= 4 is 39.4 Å². The molecule has 0 radical (unpaired) electrons. The highest BCUT2D eigenvalue weighted by Crippen LogP contribution is 2.23. The zero-order valence-electron chi connectivity index (χ0n) is 9.19. The first kappa shape index (κ1) is 14.9. The van der Waals surface area contributed by atoms with Gasteiger partial charge in [-0.15, -0.1) is 0 Å². The molecule has 1 aromatic carbocycles. The largest absolute Gasteiger partial charge is 0.480 e. The van der Waals surface area contributed by atoms with E-state index in [1.165, 1.54) is 12.1 Å². The van der Waals surface area contributed by atoms with Gasteiger partial charge < -0.3 is 15.5 Å². The molecule has 98 valence electrons. The van der Waals surface area contributed by atoms with E-state index in [-0.39, 0.29) is 18.6 Å². The molecule has 7 heteroatoms. The highest BCUT2D eigenvalue weighted by atomic mass is 79.9. The average Bonchev–Trinajstić information content (AvgIpc) is 2.31. The van der Waals surface area contributed by atoms with Crippen molar-refractivity contribution in [3.63, 3.8) is 0 Å². The number of rotatable bonds is 5. The maximum absolute atomic E-state index is 11.8. The van der Waals surface area contributed by atoms with E-state index in [1.807, 2.05) is 0 Å². The Morgan fingerprint density at radius 1 is 1.44 bits per heavy atom. The fraction of sp³-hybridized carbons (Fsp3) is 0.273. The lowest BCUT2D eigenvalue weighted by Gasteiger charge is -2.13. The van der Waals surface area contributed by atoms with Crippen LogP contribution in [0, 0.1) is 0 Å². The van der Waals surface area contributed by atoms with E-state index < -0.39 is 17.9 Å². The van der Waals surface area contributed by atoms with Crippen LogP contribution in [0.25, 0.3) is 0 Å². The van der Waals surface area contributed by atoms with Crippen LogP contribution in [0.15, 0.2) is 22.7 Å². The zero-order chi connectivity index (χ0) is 13.7. The van der Waals surface area contributed by atoms with Gasteiger partial charge in [-0.2, -0.15) is 0 Å². The van der Waals surface area contributed by atoms with Crippen LogP contribution in [0.5, 0.6) is 0 Å². The molecular weight excluding hydrogens is 325 g/mol. The normalized spacial score (nSPS) is 11.9. The quantitative estimate of drug-likeness (QED) is 0.763. The zero-order valence-corrected chi connectivity index (χ0v) is 11.5. The van der Waals surface area contributed by atoms with Crippen molar-refractivity contribution in [2.75, 3.05) is 6.61 Å². The number of benzene rings is 1. The topological polar surface area (TPSA) is 86.6 Å². The Hall–Kier alpha value is -1.11. The van der Waals surface area contributed by atoms with Gasteiger partial charge in [-0.05, 0) is 34.1 Å². The Balaban J connectivity index is 2.80. The predicted octanol–water partition coefficient (Wildman–Crippen LogP) is 1.67. The van der Waals surface area contributed by atoms with Crippen LogP contribution in [0.3, 0.4) is 0 Å². The van der Waals surface area contributed by atoms with E-state index in [1.54, 1.807) is 6.07 Å². The lowest BCUT2D eigenvalue weighted by molar-refractivity contribution is -0.139. The van der Waals surface area contributed by atoms with Crippen LogP contribution in [0.2, 0.25) is 5.02 Å². The fourth-order valence-electron chi connectivity index (χ4n) is 1.27. The molecule has 1 amide bonds. The summed E-state index contributed by atoms with van der Waals surface area (Å²) in [5, 5.41) is 20.2. The second-order valence-electron chi connectivity index (χ2n) is 3.51. The summed E-state index contributed by atoms with van der Waals surface area (Å²) in [5.41, 5.74) is 0.257. The number of carboxylic acids is 1. The number of aliphatic hydroxyl groups is 1. The van der Waals surface area contributed by atoms with Gasteiger partial charge in [-0.3, -0.25) is 4.79 Å². The summed E-state index contributed by atoms with van der Waals surface area (Å²) in [6.07, 6.45) is -0.0503. The third-order valence-electron chi connectivity index (χ3n) is 2.20. The maximum Gasteiger partial charge on any atom is 0.326 e. The number of hydrogen-bond donors (Lipinski definition) is 3. The maximum atomic E-state index is 11.8. The molecule has 0 spiro atoms. The second-order valence-corrected chi connectivity index (χ2v) is 4.77. The Labute approximate surface area is 117 Å². The Morgan fingerprint density at radius 3 is 2.61 bits per heavy atom. The van der Waals surface area contributed by atoms with Crippen molar-refractivity contribution in [2.24, 2.45) is 0 Å². The van der Waals surface area contributed by atoms with E-state index in [0.717, 1.165) is 0 Å². The molecule has 1 rings (SSSR count). The lowest BCUT2D eigenvalue weighted by atomic mass is 10.1. The molecule has 0 aliphatic rings. The van der Waals surface area contributed by atoms with Gasteiger partial charge in [0.1, 0.15) is 6.04 Å². The smallest absolute Gasteiger partial charge is 0.326 e. The Bertz CT molecular complexity index is 466. The highest BCUT2D eigenvalue weighted by Gasteiger charge is 2.20. The molecule has 0 bridgehead atoms. The number of carboxylic acid groups (broad SMARTS) is 1. The van der Waals surface area contributed by atoms with Crippen molar-refractivity contribution in [1.29, 1.82) is 0 Å². The molecule has 0 saturated heterocycles. The molecule has 0 aliphatic carbocycles. The molecule has 18 heavy (non-hydrogen) atoms. The Morgan fingerprint density at radius 2 is 2.11 bits per heavy atom. The minimum absolute atomic E-state index is 0.0503. The SMILES string of the molecule is O=C(NC(CCO)C(=O)O)c1ccc(Br)c(Cl)c1. The standard InChI is InChI=1S/C11H11BrClNO4/c12-7-2-1-6(5-8(7)13)10(16)14-9(3-4-15)11(17)18/h1-2,5,9,15H,3-4H2,(H,14,16)(H,17,18). The van der Waals surface area contributed by atoms with Crippen LogP contribution in [-0.2, 0) is 4.79 Å². The van der Waals surface area contributed by atoms with Crippen LogP contribution < -0.4 is 5.32 Å². The van der Waals surface area contributed by atoms with Crippen molar-refractivity contribution in [1.82, 2.24) is 5.32 Å². The number of carbonyl (C=O) groups is 2. The first-order valence-electron chi connectivity index (χ1n) is 5.05. The monoisotopic (exact) mass is 335 g/mol. The molecule has 0 aliphatic heterocycles. The van der Waals surface area contributed by atoms with Gasteiger partial charge in [-0.25, -0.2) is 4.79 Å². The lowest BCUT2D eigenvalue weighted by Crippen LogP contribution is -2.41. The summed E-state index contributed by atoms with van der Waals surface area (Å²) in [6.45, 7) is -0.321. The second kappa shape index (κ2) is 6.72. The fourth-order valence-corrected chi connectivity index (χ4v) is 1.69. The summed E-state index contributed by atoms with van der Waals surface area (Å²) in [4.78, 5) is 22.6. The Kier molecular flexibility index (Phi) is 5.58. The van der Waals surface area contributed by atoms with Gasteiger partial charge in [-0.1, -0.05) is 11.6 Å². The van der Waals surface area contributed by atoms with Crippen molar-refractivity contribution < 1.29 is 19.8 Å². The molecule has 0 saturated carbocycles. The number of halogens is 2. The minimum Gasteiger partial charge on any atom is -0.480 e. The van der Waals surface area contributed by atoms with E-state index in [2.05, 4.69) is 21.2 Å². The molecule has 5 nitrogen and oxygen atoms in total. The number of aliphatic hydroxyl groups excluding tert-OH is 1. The molecule has 0 fully saturated rings. The molecule has 0 heterocycles. The van der Waals surface area contributed by atoms with Gasteiger partial charge in [0, 0.05) is 23.1 Å². The number of nitrogens with one attached hydrogen (secondary N) is 1. The van der Waals surface area contributed by atoms with Crippen molar-refractivity contribution in [2.45, 2.75) is 12.5 Å². The van der Waals surface area contributed by atoms with E-state index in [9.17, 15) is 9.59 Å². The van der Waals surface area contributed by atoms with Gasteiger partial charge in [0.25, 0.3) is 5.91 Å². The van der Waals surface area contributed by atoms with Crippen molar-refractivity contribution in [3.05, 3.63) is 33.3 Å². The summed E-state index contributed by atoms with van der Waals surface area (Å²) in [7, 11) is 0. The number of carbonyl (C=O) groups excluding carboxylic acids is 1. The highest BCUT2D eigenvalue weighted by molar-refractivity contribution is 9.10. The first-order valence-corrected chi connectivity index (χ1v) is 6.22. The van der Waals surface area contributed by atoms with Gasteiger partial charge in [0.05, 0.1) is 5.02 Å². The molecular formula is C11H11BrClNO4. The van der Waals surface area contributed by atoms with Crippen LogP contribution in [-0.4, -0.2) is 34.7 Å². The van der Waals surface area contributed by atoms with Gasteiger partial charge in [0.2, 0.25) is 0 Å². The van der Waals surface area contributed by atoms with Crippen LogP contribution in [0.4, 0.5) is 0 Å². The first-order chi connectivity index (χ1) is 8.45. The van der Waals surface area contributed by atoms with Crippen molar-refractivity contribution in [3.8, 4) is 0 Å². The summed E-state index contributed by atoms with van der Waals surface area (Å²) in [6, 6.07) is 3.42. The number of aliphatic carboxylic acids is 1. The third-order valence-corrected chi connectivity index (χ3v) is 3.44. The number of hydrogen-bond acceptors (Lipinski definition) is 3. The molecule has 1 aromatic rings. The predicted molar refractivity (Wildman–Crippen MR) is 69.7 cm³/mol. The molecule has 0 aromatic heterocycles. The molecule has 1 unspecified atom stereocenters. The number of amides is 1. The average molecular weight is 337 g/mol. The van der Waals surface area contributed by atoms with E-state index in [0.29, 0.717) is 9.50 Å². The van der Waals surface area contributed by atoms with Gasteiger partial charge in [0.15, 0.2) is 0 Å². The minimum atomic E-state index is -1.19. The third kappa shape index (κ3) is 3.97. The van der Waals surface area contributed by atoms with E-state index in [4.69, 9.17) is 21.8 Å². The molecule has 1 atom stereocenters. The van der Waals surface area contributed by atoms with Crippen LogP contribution in [0.1, 0.15) is 16.8 Å². The van der Waals surface area contributed by atoms with Gasteiger partial charge >= 0.3 is 5.97 Å². The van der Waals surface area contributed by atoms with Crippen LogP contribution >= 0.6 is 27.5 Å². The summed E-state index contributed by atoms with van der Waals surface area (Å²) >= 11 is 9.02. The van der Waals surface area contributed by atoms with E-state index >= 15 is 0 Å². The summed E-state index contributed by atoms with van der Waals surface area (Å²) < 4.78 is 0.644. The summed E-state index contributed by atoms with van der Waals surface area (Å²) in [5.74, 6) is -1.74. The molecule has 3 N–H and O–H groups in total.